The van der Waals surface area contributed by atoms with E-state index in [4.69, 9.17) is 0 Å². The van der Waals surface area contributed by atoms with Crippen molar-refractivity contribution in [1.82, 2.24) is 19.4 Å². The van der Waals surface area contributed by atoms with Gasteiger partial charge in [-0.15, -0.1) is 0 Å². The van der Waals surface area contributed by atoms with Crippen LogP contribution < -0.4 is 0 Å². The van der Waals surface area contributed by atoms with Crippen molar-refractivity contribution in [2.75, 3.05) is 13.1 Å². The van der Waals surface area contributed by atoms with Gasteiger partial charge in [-0.1, -0.05) is 51.0 Å². The van der Waals surface area contributed by atoms with Gasteiger partial charge < -0.3 is 14.4 Å². The Morgan fingerprint density at radius 3 is 2.44 bits per heavy atom. The molecule has 0 fully saturated rings. The molecule has 0 aliphatic rings. The Balaban J connectivity index is 1.78. The number of hydrogen-bond donors (Lipinski definition) is 0. The highest BCUT2D eigenvalue weighted by Gasteiger charge is 2.25. The van der Waals surface area contributed by atoms with Gasteiger partial charge in [-0.2, -0.15) is 0 Å². The van der Waals surface area contributed by atoms with E-state index in [0.717, 1.165) is 37.9 Å². The summed E-state index contributed by atoms with van der Waals surface area (Å²) in [5.41, 5.74) is 4.17. The smallest absolute Gasteiger partial charge is 0.254 e. The maximum atomic E-state index is 13.7. The van der Waals surface area contributed by atoms with E-state index in [9.17, 15) is 9.59 Å². The molecule has 0 aliphatic heterocycles. The zero-order chi connectivity index (χ0) is 25.9. The fourth-order valence-corrected chi connectivity index (χ4v) is 4.34. The van der Waals surface area contributed by atoms with E-state index in [-0.39, 0.29) is 24.4 Å². The lowest BCUT2D eigenvalue weighted by Gasteiger charge is -2.32. The van der Waals surface area contributed by atoms with Crippen molar-refractivity contribution in [2.45, 2.75) is 72.5 Å². The third-order valence-corrected chi connectivity index (χ3v) is 6.87. The van der Waals surface area contributed by atoms with E-state index in [2.05, 4.69) is 73.8 Å². The average Bonchev–Trinajstić information content (AvgIpc) is 3.34. The molecule has 1 atom stereocenters. The van der Waals surface area contributed by atoms with Gasteiger partial charge in [0.1, 0.15) is 6.54 Å². The number of benzene rings is 1. The van der Waals surface area contributed by atoms with Crippen LogP contribution in [0.4, 0.5) is 0 Å². The maximum Gasteiger partial charge on any atom is 0.254 e. The highest BCUT2D eigenvalue weighted by atomic mass is 16.2. The van der Waals surface area contributed by atoms with Crippen LogP contribution in [0.3, 0.4) is 0 Å². The van der Waals surface area contributed by atoms with Gasteiger partial charge >= 0.3 is 0 Å². The summed E-state index contributed by atoms with van der Waals surface area (Å²) in [6.07, 6.45) is 9.12. The minimum Gasteiger partial charge on any atom is -0.345 e. The Labute approximate surface area is 216 Å². The van der Waals surface area contributed by atoms with E-state index in [0.29, 0.717) is 18.7 Å². The summed E-state index contributed by atoms with van der Waals surface area (Å²) in [6.45, 7) is 10.4. The number of carbonyl (C=O) groups excluding carboxylic acids is 2. The second kappa shape index (κ2) is 13.6. The number of unbranched alkanes of at least 4 members (excludes halogenated alkanes) is 2. The topological polar surface area (TPSA) is 58.4 Å². The molecule has 1 aromatic carbocycles. The van der Waals surface area contributed by atoms with Crippen molar-refractivity contribution in [3.05, 3.63) is 89.5 Å². The number of nitrogens with zero attached hydrogens (tertiary/aromatic N) is 4. The van der Waals surface area contributed by atoms with Crippen molar-refractivity contribution in [3.63, 3.8) is 0 Å². The molecular formula is C30H40N4O2. The van der Waals surface area contributed by atoms with E-state index in [1.54, 1.807) is 29.4 Å². The van der Waals surface area contributed by atoms with Crippen molar-refractivity contribution >= 4 is 11.8 Å². The molecular weight excluding hydrogens is 448 g/mol. The number of hydrogen-bond acceptors (Lipinski definition) is 3. The molecule has 3 rings (SSSR count). The number of amides is 2. The van der Waals surface area contributed by atoms with Crippen LogP contribution in [0.25, 0.3) is 0 Å². The highest BCUT2D eigenvalue weighted by Crippen LogP contribution is 2.17. The fourth-order valence-electron chi connectivity index (χ4n) is 4.34. The second-order valence-electron chi connectivity index (χ2n) is 9.50. The number of pyridine rings is 1. The summed E-state index contributed by atoms with van der Waals surface area (Å²) in [7, 11) is 0. The van der Waals surface area contributed by atoms with Gasteiger partial charge in [0, 0.05) is 49.0 Å². The molecule has 36 heavy (non-hydrogen) atoms. The number of aromatic nitrogens is 2. The van der Waals surface area contributed by atoms with E-state index in [1.165, 1.54) is 11.1 Å². The van der Waals surface area contributed by atoms with Crippen LogP contribution in [0.15, 0.2) is 67.1 Å². The van der Waals surface area contributed by atoms with Crippen LogP contribution in [-0.4, -0.2) is 50.3 Å². The van der Waals surface area contributed by atoms with Gasteiger partial charge in [0.2, 0.25) is 5.91 Å². The number of carbonyl (C=O) groups is 2. The zero-order valence-electron chi connectivity index (χ0n) is 22.2. The fraction of sp³-hybridized carbons (Fsp3) is 0.433. The van der Waals surface area contributed by atoms with Crippen LogP contribution in [0.1, 0.15) is 73.6 Å². The Morgan fingerprint density at radius 1 is 1.00 bits per heavy atom. The first-order chi connectivity index (χ1) is 17.4. The predicted molar refractivity (Wildman–Crippen MR) is 145 cm³/mol. The number of rotatable bonds is 13. The minimum atomic E-state index is -0.117. The predicted octanol–water partition coefficient (Wildman–Crippen LogP) is 5.70. The number of aryl methyl sites for hydroxylation is 1. The van der Waals surface area contributed by atoms with Crippen LogP contribution in [-0.2, 0) is 17.9 Å². The molecule has 0 aliphatic carbocycles. The normalized spacial score (nSPS) is 11.8. The Hall–Kier alpha value is -3.41. The van der Waals surface area contributed by atoms with Crippen molar-refractivity contribution in [1.29, 1.82) is 0 Å². The summed E-state index contributed by atoms with van der Waals surface area (Å²) in [6, 6.07) is 16.0. The zero-order valence-corrected chi connectivity index (χ0v) is 22.2. The summed E-state index contributed by atoms with van der Waals surface area (Å²) >= 11 is 0. The largest absolute Gasteiger partial charge is 0.345 e. The van der Waals surface area contributed by atoms with Gasteiger partial charge in [0.05, 0.1) is 6.54 Å². The molecule has 0 saturated carbocycles. The molecule has 6 heteroatoms. The summed E-state index contributed by atoms with van der Waals surface area (Å²) in [5.74, 6) is -0.138. The second-order valence-corrected chi connectivity index (χ2v) is 9.50. The highest BCUT2D eigenvalue weighted by molar-refractivity contribution is 5.96. The Morgan fingerprint density at radius 2 is 1.75 bits per heavy atom. The molecule has 0 radical (unpaired) electrons. The van der Waals surface area contributed by atoms with Gasteiger partial charge in [-0.05, 0) is 62.1 Å². The molecule has 0 saturated heterocycles. The van der Waals surface area contributed by atoms with Gasteiger partial charge in [0.15, 0.2) is 0 Å². The lowest BCUT2D eigenvalue weighted by Crippen LogP contribution is -2.46. The van der Waals surface area contributed by atoms with E-state index in [1.807, 2.05) is 11.0 Å². The molecule has 1 unspecified atom stereocenters. The first kappa shape index (κ1) is 27.2. The Bertz CT molecular complexity index is 1110. The Kier molecular flexibility index (Phi) is 10.3. The van der Waals surface area contributed by atoms with Gasteiger partial charge in [-0.25, -0.2) is 0 Å². The summed E-state index contributed by atoms with van der Waals surface area (Å²) in [5, 5.41) is 0. The van der Waals surface area contributed by atoms with Crippen LogP contribution in [0, 0.1) is 6.92 Å². The summed E-state index contributed by atoms with van der Waals surface area (Å²) < 4.78 is 2.21. The molecule has 0 N–H and O–H groups in total. The summed E-state index contributed by atoms with van der Waals surface area (Å²) in [4.78, 5) is 34.6. The van der Waals surface area contributed by atoms with Crippen molar-refractivity contribution in [3.8, 4) is 0 Å². The minimum absolute atomic E-state index is 0.0214. The van der Waals surface area contributed by atoms with Gasteiger partial charge in [0.25, 0.3) is 5.91 Å². The average molecular weight is 489 g/mol. The standard InChI is InChI=1S/C30H40N4O2/c1-5-7-10-19-33(30(36)26-15-17-31-18-16-26)23-29(35)34(25(4)6-2)22-28-14-11-20-32(28)21-27-13-9-8-12-24(27)3/h8-9,11-18,20,25H,5-7,10,19,21-23H2,1-4H3. The maximum absolute atomic E-state index is 13.7. The first-order valence-electron chi connectivity index (χ1n) is 13.1. The van der Waals surface area contributed by atoms with E-state index >= 15 is 0 Å². The van der Waals surface area contributed by atoms with E-state index < -0.39 is 0 Å². The monoisotopic (exact) mass is 488 g/mol. The van der Waals surface area contributed by atoms with Crippen LogP contribution >= 0.6 is 0 Å². The van der Waals surface area contributed by atoms with Crippen molar-refractivity contribution < 1.29 is 9.59 Å². The molecule has 3 aromatic rings. The molecule has 2 heterocycles. The molecule has 0 spiro atoms. The lowest BCUT2D eigenvalue weighted by atomic mass is 10.1. The molecule has 0 bridgehead atoms. The van der Waals surface area contributed by atoms with Crippen molar-refractivity contribution in [2.24, 2.45) is 0 Å². The molecule has 6 nitrogen and oxygen atoms in total. The first-order valence-corrected chi connectivity index (χ1v) is 13.1. The SMILES string of the molecule is CCCCCN(CC(=O)N(Cc1cccn1Cc1ccccc1C)C(C)CC)C(=O)c1ccncc1. The van der Waals surface area contributed by atoms with Gasteiger partial charge in [-0.3, -0.25) is 14.6 Å². The molecule has 192 valence electrons. The quantitative estimate of drug-likeness (QED) is 0.290. The van der Waals surface area contributed by atoms with Crippen LogP contribution in [0.2, 0.25) is 0 Å². The lowest BCUT2D eigenvalue weighted by molar-refractivity contribution is -0.134. The molecule has 2 amide bonds. The third kappa shape index (κ3) is 7.30. The van der Waals surface area contributed by atoms with Crippen LogP contribution in [0.5, 0.6) is 0 Å². The third-order valence-electron chi connectivity index (χ3n) is 6.87. The molecule has 2 aromatic heterocycles.